The van der Waals surface area contributed by atoms with Crippen molar-refractivity contribution in [3.63, 3.8) is 0 Å². The third kappa shape index (κ3) is 4.39. The molecule has 190 valence electrons. The molecule has 2 fully saturated rings. The zero-order chi connectivity index (χ0) is 25.4. The van der Waals surface area contributed by atoms with Crippen molar-refractivity contribution >= 4 is 22.8 Å². The molecular formula is C24H26FN5O6. The van der Waals surface area contributed by atoms with E-state index >= 15 is 0 Å². The summed E-state index contributed by atoms with van der Waals surface area (Å²) < 4.78 is 26.6. The minimum absolute atomic E-state index is 0.00870. The average Bonchev–Trinajstić information content (AvgIpc) is 3.39. The lowest BCUT2D eigenvalue weighted by Gasteiger charge is -2.45. The Bertz CT molecular complexity index is 1320. The molecule has 5 rings (SSSR count). The van der Waals surface area contributed by atoms with Crippen LogP contribution in [0.2, 0.25) is 0 Å². The largest absolute Gasteiger partial charge is 0.419 e. The van der Waals surface area contributed by atoms with Gasteiger partial charge in [0, 0.05) is 44.4 Å². The van der Waals surface area contributed by atoms with Gasteiger partial charge in [0.15, 0.2) is 11.9 Å². The van der Waals surface area contributed by atoms with Crippen LogP contribution in [0.25, 0.3) is 10.9 Å². The van der Waals surface area contributed by atoms with E-state index in [0.29, 0.717) is 29.8 Å². The summed E-state index contributed by atoms with van der Waals surface area (Å²) in [4.78, 5) is 38.6. The highest BCUT2D eigenvalue weighted by molar-refractivity contribution is 6.33. The molecule has 0 saturated carbocycles. The molecule has 0 aliphatic carbocycles. The van der Waals surface area contributed by atoms with Gasteiger partial charge in [-0.15, -0.1) is 0 Å². The number of hydrazine groups is 1. The van der Waals surface area contributed by atoms with Crippen LogP contribution in [0.15, 0.2) is 53.2 Å². The highest BCUT2D eigenvalue weighted by Crippen LogP contribution is 2.28. The molecule has 4 heterocycles. The van der Waals surface area contributed by atoms with Gasteiger partial charge in [0.2, 0.25) is 0 Å². The van der Waals surface area contributed by atoms with Crippen LogP contribution in [0.1, 0.15) is 5.56 Å². The number of aromatic nitrogens is 1. The molecule has 1 aromatic carbocycles. The van der Waals surface area contributed by atoms with E-state index in [0.717, 1.165) is 0 Å². The Labute approximate surface area is 205 Å². The molecule has 0 spiro atoms. The zero-order valence-electron chi connectivity index (χ0n) is 19.6. The van der Waals surface area contributed by atoms with Gasteiger partial charge in [-0.1, -0.05) is 0 Å². The summed E-state index contributed by atoms with van der Waals surface area (Å²) in [7, 11) is 1.57. The van der Waals surface area contributed by atoms with Crippen molar-refractivity contribution in [2.24, 2.45) is 7.05 Å². The molecule has 2 saturated heterocycles. The molecule has 36 heavy (non-hydrogen) atoms. The van der Waals surface area contributed by atoms with E-state index in [2.05, 4.69) is 5.32 Å². The number of morpholine rings is 1. The number of nitrogens with zero attached hydrogens (tertiary/aromatic N) is 4. The zero-order valence-corrected chi connectivity index (χ0v) is 19.6. The molecule has 1 amide bonds. The first-order valence-electron chi connectivity index (χ1n) is 11.5. The normalized spacial score (nSPS) is 21.1. The second-order valence-corrected chi connectivity index (χ2v) is 8.77. The number of hydrogen-bond donors (Lipinski definition) is 2. The first-order chi connectivity index (χ1) is 17.3. The number of amides is 1. The number of carbonyl (C=O) groups excluding carboxylic acids is 2. The van der Waals surface area contributed by atoms with Crippen LogP contribution in [0, 0.1) is 5.82 Å². The first-order valence-corrected chi connectivity index (χ1v) is 11.5. The molecule has 0 bridgehead atoms. The van der Waals surface area contributed by atoms with E-state index in [1.165, 1.54) is 21.7 Å². The Hall–Kier alpha value is -3.58. The fraction of sp³-hybridized carbons (Fsp3) is 0.375. The smallest absolute Gasteiger partial charge is 0.403 e. The predicted octanol–water partition coefficient (Wildman–Crippen LogP) is -0.242. The molecular weight excluding hydrogens is 473 g/mol. The van der Waals surface area contributed by atoms with Gasteiger partial charge in [0.05, 0.1) is 24.9 Å². The lowest BCUT2D eigenvalue weighted by atomic mass is 10.0. The number of fused-ring (bicyclic) bond motifs is 2. The van der Waals surface area contributed by atoms with Crippen molar-refractivity contribution < 1.29 is 28.6 Å². The number of aliphatic hydroxyl groups excluding tert-OH is 1. The van der Waals surface area contributed by atoms with E-state index in [1.54, 1.807) is 47.4 Å². The van der Waals surface area contributed by atoms with Crippen molar-refractivity contribution in [3.05, 3.63) is 70.1 Å². The average molecular weight is 499 g/mol. The molecule has 0 unspecified atom stereocenters. The van der Waals surface area contributed by atoms with E-state index in [-0.39, 0.29) is 37.5 Å². The van der Waals surface area contributed by atoms with E-state index in [4.69, 9.17) is 9.47 Å². The van der Waals surface area contributed by atoms with Gasteiger partial charge in [0.25, 0.3) is 5.56 Å². The molecule has 2 N–H and O–H groups in total. The Morgan fingerprint density at radius 1 is 1.22 bits per heavy atom. The first kappa shape index (κ1) is 24.1. The van der Waals surface area contributed by atoms with E-state index in [1.807, 2.05) is 0 Å². The minimum atomic E-state index is -0.963. The molecule has 11 nitrogen and oxygen atoms in total. The monoisotopic (exact) mass is 499 g/mol. The van der Waals surface area contributed by atoms with Gasteiger partial charge in [-0.05, 0) is 35.7 Å². The number of aliphatic hydroxyl groups is 1. The van der Waals surface area contributed by atoms with Crippen LogP contribution in [0.5, 0.6) is 0 Å². The Morgan fingerprint density at radius 2 is 2.03 bits per heavy atom. The number of ether oxygens (including phenoxy) is 2. The summed E-state index contributed by atoms with van der Waals surface area (Å²) in [5.41, 5.74) is 0.440. The third-order valence-corrected chi connectivity index (χ3v) is 6.41. The number of rotatable bonds is 7. The van der Waals surface area contributed by atoms with Gasteiger partial charge in [0.1, 0.15) is 12.5 Å². The number of aryl methyl sites for hydroxylation is 1. The SMILES string of the molecule is Cn1c(=O)ccc2ccc(F)c(C[C@@H](O)CNCN3C=CC=C4OC(=O)C(=O)N(N5CCOC5)[C@@H]43)c21. The van der Waals surface area contributed by atoms with Gasteiger partial charge in [-0.3, -0.25) is 14.9 Å². The van der Waals surface area contributed by atoms with Crippen LogP contribution in [-0.2, 0) is 32.5 Å². The number of hydrogen-bond acceptors (Lipinski definition) is 9. The predicted molar refractivity (Wildman–Crippen MR) is 125 cm³/mol. The number of nitrogens with one attached hydrogen (secondary N) is 1. The van der Waals surface area contributed by atoms with Gasteiger partial charge >= 0.3 is 11.9 Å². The maximum absolute atomic E-state index is 14.7. The standard InChI is InChI=1S/C24H26FN5O6/c1-27-20(32)7-5-15-4-6-18(25)17(21(15)27)11-16(31)12-26-13-28-8-2-3-19-22(28)30(23(33)24(34)36-19)29-9-10-35-14-29/h2-8,16,22,26,31H,9-14H2,1H3/t16-,22+/m1/s1. The number of halogens is 1. The molecule has 3 aliphatic heterocycles. The summed E-state index contributed by atoms with van der Waals surface area (Å²) in [5, 5.41) is 17.5. The summed E-state index contributed by atoms with van der Waals surface area (Å²) in [6.45, 7) is 1.35. The fourth-order valence-corrected chi connectivity index (χ4v) is 4.68. The van der Waals surface area contributed by atoms with Crippen molar-refractivity contribution in [1.29, 1.82) is 0 Å². The topological polar surface area (TPSA) is 117 Å². The third-order valence-electron chi connectivity index (χ3n) is 6.41. The van der Waals surface area contributed by atoms with Crippen molar-refractivity contribution in [2.75, 3.05) is 33.1 Å². The summed E-state index contributed by atoms with van der Waals surface area (Å²) in [6.07, 6.45) is 3.39. The second kappa shape index (κ2) is 9.82. The van der Waals surface area contributed by atoms with Crippen LogP contribution in [0.4, 0.5) is 4.39 Å². The molecule has 0 radical (unpaired) electrons. The Kier molecular flexibility index (Phi) is 6.58. The number of esters is 1. The number of allylic oxidation sites excluding steroid dienone is 2. The van der Waals surface area contributed by atoms with Crippen LogP contribution < -0.4 is 10.9 Å². The highest BCUT2D eigenvalue weighted by atomic mass is 19.1. The minimum Gasteiger partial charge on any atom is -0.419 e. The van der Waals surface area contributed by atoms with E-state index in [9.17, 15) is 23.9 Å². The van der Waals surface area contributed by atoms with Crippen molar-refractivity contribution in [3.8, 4) is 0 Å². The van der Waals surface area contributed by atoms with Crippen LogP contribution >= 0.6 is 0 Å². The Morgan fingerprint density at radius 3 is 2.81 bits per heavy atom. The number of pyridine rings is 1. The summed E-state index contributed by atoms with van der Waals surface area (Å²) in [6, 6.07) is 5.98. The highest BCUT2D eigenvalue weighted by Gasteiger charge is 2.46. The number of carbonyl (C=O) groups is 2. The van der Waals surface area contributed by atoms with Crippen LogP contribution in [0.3, 0.4) is 0 Å². The van der Waals surface area contributed by atoms with Gasteiger partial charge in [-0.2, -0.15) is 5.01 Å². The maximum atomic E-state index is 14.7. The lowest BCUT2D eigenvalue weighted by molar-refractivity contribution is -0.190. The van der Waals surface area contributed by atoms with E-state index < -0.39 is 30.0 Å². The van der Waals surface area contributed by atoms with Gasteiger partial charge < -0.3 is 24.0 Å². The van der Waals surface area contributed by atoms with Gasteiger partial charge in [-0.25, -0.2) is 14.2 Å². The molecule has 12 heteroatoms. The molecule has 2 aromatic rings. The molecule has 3 aliphatic rings. The summed E-state index contributed by atoms with van der Waals surface area (Å²) >= 11 is 0. The molecule has 2 atom stereocenters. The van der Waals surface area contributed by atoms with Crippen molar-refractivity contribution in [1.82, 2.24) is 24.8 Å². The second-order valence-electron chi connectivity index (χ2n) is 8.77. The Balaban J connectivity index is 1.28. The fourth-order valence-electron chi connectivity index (χ4n) is 4.68. The molecule has 1 aromatic heterocycles. The lowest BCUT2D eigenvalue weighted by Crippen LogP contribution is -2.64. The maximum Gasteiger partial charge on any atom is 0.403 e. The van der Waals surface area contributed by atoms with Crippen molar-refractivity contribution in [2.45, 2.75) is 18.7 Å². The summed E-state index contributed by atoms with van der Waals surface area (Å²) in [5.74, 6) is -1.95. The number of benzene rings is 1. The van der Waals surface area contributed by atoms with Crippen LogP contribution in [-0.4, -0.2) is 81.8 Å². The quantitative estimate of drug-likeness (QED) is 0.393.